The third kappa shape index (κ3) is 4.15. The van der Waals surface area contributed by atoms with E-state index in [9.17, 15) is 13.2 Å². The van der Waals surface area contributed by atoms with Crippen LogP contribution in [0.15, 0.2) is 34.9 Å². The van der Waals surface area contributed by atoms with Crippen LogP contribution in [0.5, 0.6) is 5.75 Å². The summed E-state index contributed by atoms with van der Waals surface area (Å²) >= 11 is 1.44. The SMILES string of the molecule is CCOc1cc2onc(CCc3sc4cc(C(F)(F)F)ccc4c3C(C)C)c2cc1C. The highest BCUT2D eigenvalue weighted by atomic mass is 32.1. The summed E-state index contributed by atoms with van der Waals surface area (Å²) in [7, 11) is 0. The average Bonchev–Trinajstić information content (AvgIpc) is 3.26. The molecule has 0 saturated carbocycles. The summed E-state index contributed by atoms with van der Waals surface area (Å²) in [6.07, 6.45) is -2.99. The van der Waals surface area contributed by atoms with Crippen molar-refractivity contribution in [1.82, 2.24) is 5.16 Å². The molecule has 4 aromatic rings. The van der Waals surface area contributed by atoms with Crippen LogP contribution in [0.4, 0.5) is 13.2 Å². The van der Waals surface area contributed by atoms with Crippen molar-refractivity contribution >= 4 is 32.4 Å². The highest BCUT2D eigenvalue weighted by Crippen LogP contribution is 2.40. The van der Waals surface area contributed by atoms with Gasteiger partial charge in [0.2, 0.25) is 0 Å². The topological polar surface area (TPSA) is 35.3 Å². The number of hydrogen-bond donors (Lipinski definition) is 0. The molecular weight excluding hydrogens is 423 g/mol. The Hall–Kier alpha value is -2.54. The molecule has 4 rings (SSSR count). The first-order chi connectivity index (χ1) is 14.7. The van der Waals surface area contributed by atoms with Crippen LogP contribution in [-0.4, -0.2) is 11.8 Å². The van der Waals surface area contributed by atoms with E-state index >= 15 is 0 Å². The van der Waals surface area contributed by atoms with E-state index in [0.717, 1.165) is 38.2 Å². The Labute approximate surface area is 182 Å². The predicted molar refractivity (Wildman–Crippen MR) is 118 cm³/mol. The molecule has 0 aliphatic heterocycles. The summed E-state index contributed by atoms with van der Waals surface area (Å²) in [6.45, 7) is 8.65. The number of nitrogens with zero attached hydrogens (tertiary/aromatic N) is 1. The van der Waals surface area contributed by atoms with Gasteiger partial charge in [0, 0.05) is 21.0 Å². The fraction of sp³-hybridized carbons (Fsp3) is 0.375. The molecule has 0 radical (unpaired) electrons. The second-order valence-electron chi connectivity index (χ2n) is 7.98. The van der Waals surface area contributed by atoms with Gasteiger partial charge in [-0.1, -0.05) is 25.1 Å². The van der Waals surface area contributed by atoms with Crippen LogP contribution >= 0.6 is 11.3 Å². The van der Waals surface area contributed by atoms with Crippen molar-refractivity contribution < 1.29 is 22.4 Å². The Bertz CT molecular complexity index is 1240. The van der Waals surface area contributed by atoms with Gasteiger partial charge in [0.1, 0.15) is 5.75 Å². The smallest absolute Gasteiger partial charge is 0.416 e. The van der Waals surface area contributed by atoms with Crippen molar-refractivity contribution in [2.75, 3.05) is 6.61 Å². The lowest BCUT2D eigenvalue weighted by molar-refractivity contribution is -0.137. The Morgan fingerprint density at radius 2 is 1.87 bits per heavy atom. The van der Waals surface area contributed by atoms with E-state index in [2.05, 4.69) is 19.0 Å². The molecule has 164 valence electrons. The number of aryl methyl sites for hydroxylation is 3. The van der Waals surface area contributed by atoms with Gasteiger partial charge in [0.05, 0.1) is 17.9 Å². The average molecular weight is 448 g/mol. The molecule has 0 aliphatic carbocycles. The van der Waals surface area contributed by atoms with Crippen LogP contribution in [0.3, 0.4) is 0 Å². The van der Waals surface area contributed by atoms with E-state index in [4.69, 9.17) is 9.26 Å². The van der Waals surface area contributed by atoms with Gasteiger partial charge < -0.3 is 9.26 Å². The lowest BCUT2D eigenvalue weighted by Crippen LogP contribution is -2.03. The van der Waals surface area contributed by atoms with Gasteiger partial charge in [-0.3, -0.25) is 0 Å². The molecule has 0 bridgehead atoms. The van der Waals surface area contributed by atoms with Crippen molar-refractivity contribution in [3.8, 4) is 5.75 Å². The molecule has 0 unspecified atom stereocenters. The van der Waals surface area contributed by atoms with Crippen molar-refractivity contribution in [3.05, 3.63) is 57.6 Å². The minimum Gasteiger partial charge on any atom is -0.493 e. The van der Waals surface area contributed by atoms with Crippen LogP contribution in [0, 0.1) is 6.92 Å². The third-order valence-corrected chi connectivity index (χ3v) is 6.67. The standard InChI is InChI=1S/C24H24F3NO2S/c1-5-29-19-12-20-17(10-14(19)4)18(28-30-20)8-9-21-23(13(2)3)16-7-6-15(24(25,26)27)11-22(16)31-21/h6-7,10-13H,5,8-9H2,1-4H3. The summed E-state index contributed by atoms with van der Waals surface area (Å²) in [5.41, 5.74) is 3.06. The molecule has 0 atom stereocenters. The van der Waals surface area contributed by atoms with Gasteiger partial charge >= 0.3 is 6.18 Å². The highest BCUT2D eigenvalue weighted by molar-refractivity contribution is 7.19. The lowest BCUT2D eigenvalue weighted by atomic mass is 9.96. The lowest BCUT2D eigenvalue weighted by Gasteiger charge is -2.09. The molecule has 2 aromatic carbocycles. The number of benzene rings is 2. The van der Waals surface area contributed by atoms with Crippen LogP contribution in [0.25, 0.3) is 21.1 Å². The quantitative estimate of drug-likeness (QED) is 0.304. The molecular formula is C24H24F3NO2S. The van der Waals surface area contributed by atoms with Gasteiger partial charge in [-0.15, -0.1) is 11.3 Å². The van der Waals surface area contributed by atoms with Crippen molar-refractivity contribution in [3.63, 3.8) is 0 Å². The largest absolute Gasteiger partial charge is 0.493 e. The molecule has 0 saturated heterocycles. The molecule has 0 N–H and O–H groups in total. The van der Waals surface area contributed by atoms with Crippen molar-refractivity contribution in [1.29, 1.82) is 0 Å². The summed E-state index contributed by atoms with van der Waals surface area (Å²) in [4.78, 5) is 1.10. The van der Waals surface area contributed by atoms with E-state index < -0.39 is 11.7 Å². The molecule has 0 amide bonds. The number of aromatic nitrogens is 1. The Morgan fingerprint density at radius 1 is 1.10 bits per heavy atom. The van der Waals surface area contributed by atoms with E-state index in [0.29, 0.717) is 29.7 Å². The third-order valence-electron chi connectivity index (χ3n) is 5.44. The molecule has 2 aromatic heterocycles. The maximum absolute atomic E-state index is 13.2. The van der Waals surface area contributed by atoms with Crippen LogP contribution in [0.1, 0.15) is 54.0 Å². The number of rotatable bonds is 6. The molecule has 0 aliphatic rings. The number of hydrogen-bond acceptors (Lipinski definition) is 4. The summed E-state index contributed by atoms with van der Waals surface area (Å²) in [5, 5.41) is 6.11. The summed E-state index contributed by atoms with van der Waals surface area (Å²) in [5.74, 6) is 0.996. The minimum atomic E-state index is -4.34. The monoisotopic (exact) mass is 447 g/mol. The molecule has 2 heterocycles. The van der Waals surface area contributed by atoms with Crippen LogP contribution < -0.4 is 4.74 Å². The maximum Gasteiger partial charge on any atom is 0.416 e. The highest BCUT2D eigenvalue weighted by Gasteiger charge is 2.31. The van der Waals surface area contributed by atoms with Gasteiger partial charge in [-0.05, 0) is 67.3 Å². The summed E-state index contributed by atoms with van der Waals surface area (Å²) < 4.78 is 51.3. The zero-order valence-electron chi connectivity index (χ0n) is 17.9. The van der Waals surface area contributed by atoms with Crippen molar-refractivity contribution in [2.24, 2.45) is 0 Å². The van der Waals surface area contributed by atoms with E-state index in [-0.39, 0.29) is 5.92 Å². The van der Waals surface area contributed by atoms with Gasteiger partial charge in [0.25, 0.3) is 0 Å². The molecule has 7 heteroatoms. The van der Waals surface area contributed by atoms with Gasteiger partial charge in [-0.2, -0.15) is 13.2 Å². The van der Waals surface area contributed by atoms with Gasteiger partial charge in [0.15, 0.2) is 5.58 Å². The molecule has 3 nitrogen and oxygen atoms in total. The first kappa shape index (κ1) is 21.7. The normalized spacial score (nSPS) is 12.4. The zero-order valence-corrected chi connectivity index (χ0v) is 18.7. The van der Waals surface area contributed by atoms with E-state index in [1.165, 1.54) is 23.5 Å². The maximum atomic E-state index is 13.2. The van der Waals surface area contributed by atoms with Crippen molar-refractivity contribution in [2.45, 2.75) is 52.6 Å². The number of thiophene rings is 1. The number of ether oxygens (including phenoxy) is 1. The first-order valence-corrected chi connectivity index (χ1v) is 11.1. The summed E-state index contributed by atoms with van der Waals surface area (Å²) in [6, 6.07) is 7.93. The molecule has 31 heavy (non-hydrogen) atoms. The Kier molecular flexibility index (Phi) is 5.73. The predicted octanol–water partition coefficient (Wildman–Crippen LogP) is 7.68. The Morgan fingerprint density at radius 3 is 2.55 bits per heavy atom. The number of halogens is 3. The second kappa shape index (κ2) is 8.19. The number of fused-ring (bicyclic) bond motifs is 2. The fourth-order valence-corrected chi connectivity index (χ4v) is 5.41. The molecule has 0 spiro atoms. The Balaban J connectivity index is 1.67. The zero-order chi connectivity index (χ0) is 22.3. The molecule has 0 fully saturated rings. The van der Waals surface area contributed by atoms with Crippen LogP contribution in [0.2, 0.25) is 0 Å². The second-order valence-corrected chi connectivity index (χ2v) is 9.12. The van der Waals surface area contributed by atoms with Gasteiger partial charge in [-0.25, -0.2) is 0 Å². The van der Waals surface area contributed by atoms with E-state index in [1.807, 2.05) is 26.0 Å². The number of alkyl halides is 3. The van der Waals surface area contributed by atoms with Crippen LogP contribution in [-0.2, 0) is 19.0 Å². The first-order valence-electron chi connectivity index (χ1n) is 10.3. The van der Waals surface area contributed by atoms with E-state index in [1.54, 1.807) is 6.07 Å². The minimum absolute atomic E-state index is 0.213. The fourth-order valence-electron chi connectivity index (χ4n) is 4.01.